The van der Waals surface area contributed by atoms with E-state index in [-0.39, 0.29) is 18.4 Å². The molecule has 2 amide bonds. The van der Waals surface area contributed by atoms with Crippen molar-refractivity contribution in [1.29, 1.82) is 0 Å². The largest absolute Gasteiger partial charge is 0.310 e. The van der Waals surface area contributed by atoms with E-state index in [4.69, 9.17) is 0 Å². The lowest BCUT2D eigenvalue weighted by Crippen LogP contribution is -2.48. The van der Waals surface area contributed by atoms with Crippen LogP contribution in [0.1, 0.15) is 19.8 Å². The molecule has 2 heterocycles. The molecule has 4 heteroatoms. The van der Waals surface area contributed by atoms with Crippen LogP contribution in [0.25, 0.3) is 0 Å². The molecule has 1 unspecified atom stereocenters. The number of benzene rings is 1. The molecular weight excluding hydrogens is 216 g/mol. The third-order valence-corrected chi connectivity index (χ3v) is 3.73. The summed E-state index contributed by atoms with van der Waals surface area (Å²) in [5, 5.41) is 0. The molecule has 0 aliphatic carbocycles. The summed E-state index contributed by atoms with van der Waals surface area (Å²) in [5.74, 6) is 0.0889. The topological polar surface area (TPSA) is 40.6 Å². The van der Waals surface area contributed by atoms with Crippen LogP contribution in [0.3, 0.4) is 0 Å². The Labute approximate surface area is 99.8 Å². The molecule has 1 atom stereocenters. The first-order chi connectivity index (χ1) is 8.13. The van der Waals surface area contributed by atoms with Crippen LogP contribution >= 0.6 is 0 Å². The van der Waals surface area contributed by atoms with E-state index in [9.17, 15) is 9.59 Å². The van der Waals surface area contributed by atoms with Gasteiger partial charge < -0.3 is 4.90 Å². The molecule has 4 nitrogen and oxygen atoms in total. The molecule has 1 aromatic carbocycles. The Morgan fingerprint density at radius 2 is 1.82 bits per heavy atom. The third kappa shape index (κ3) is 1.30. The molecule has 1 aromatic rings. The highest BCUT2D eigenvalue weighted by Crippen LogP contribution is 2.40. The fourth-order valence-corrected chi connectivity index (χ4v) is 2.85. The smallest absolute Gasteiger partial charge is 0.248 e. The van der Waals surface area contributed by atoms with Crippen molar-refractivity contribution in [2.24, 2.45) is 0 Å². The fourth-order valence-electron chi connectivity index (χ4n) is 2.85. The van der Waals surface area contributed by atoms with Crippen molar-refractivity contribution in [2.45, 2.75) is 25.4 Å². The summed E-state index contributed by atoms with van der Waals surface area (Å²) < 4.78 is 0. The van der Waals surface area contributed by atoms with Gasteiger partial charge >= 0.3 is 0 Å². The minimum atomic E-state index is -0.463. The Bertz CT molecular complexity index is 485. The average Bonchev–Trinajstić information content (AvgIpc) is 2.74. The van der Waals surface area contributed by atoms with Crippen molar-refractivity contribution in [1.82, 2.24) is 4.90 Å². The molecule has 2 aliphatic rings. The van der Waals surface area contributed by atoms with Crippen molar-refractivity contribution < 1.29 is 9.59 Å². The molecule has 2 fully saturated rings. The second-order valence-electron chi connectivity index (χ2n) is 4.76. The summed E-state index contributed by atoms with van der Waals surface area (Å²) in [5.41, 5.74) is 0.410. The van der Waals surface area contributed by atoms with E-state index in [2.05, 4.69) is 0 Å². The molecule has 88 valence electrons. The standard InChI is InChI=1S/C13H14N2O2/c1-13-8-7-11(16)14(13)9-12(17)15(13)10-5-3-2-4-6-10/h2-6H,7-9H2,1H3. The van der Waals surface area contributed by atoms with Crippen molar-refractivity contribution in [3.8, 4) is 0 Å². The molecule has 3 rings (SSSR count). The zero-order chi connectivity index (χ0) is 12.0. The highest BCUT2D eigenvalue weighted by molar-refractivity contribution is 6.03. The van der Waals surface area contributed by atoms with E-state index >= 15 is 0 Å². The van der Waals surface area contributed by atoms with E-state index in [1.165, 1.54) is 0 Å². The van der Waals surface area contributed by atoms with Gasteiger partial charge in [0.25, 0.3) is 0 Å². The molecule has 0 aromatic heterocycles. The Kier molecular flexibility index (Phi) is 2.02. The Morgan fingerprint density at radius 1 is 1.12 bits per heavy atom. The summed E-state index contributed by atoms with van der Waals surface area (Å²) in [7, 11) is 0. The SMILES string of the molecule is CC12CCC(=O)N1CC(=O)N2c1ccccc1. The highest BCUT2D eigenvalue weighted by atomic mass is 16.2. The lowest BCUT2D eigenvalue weighted by Gasteiger charge is -2.35. The minimum Gasteiger partial charge on any atom is -0.310 e. The van der Waals surface area contributed by atoms with Crippen molar-refractivity contribution in [3.05, 3.63) is 30.3 Å². The number of carbonyl (C=O) groups excluding carboxylic acids is 2. The summed E-state index contributed by atoms with van der Waals surface area (Å²) in [4.78, 5) is 27.3. The van der Waals surface area contributed by atoms with Crippen LogP contribution in [-0.2, 0) is 9.59 Å². The van der Waals surface area contributed by atoms with E-state index in [1.807, 2.05) is 37.3 Å². The van der Waals surface area contributed by atoms with Gasteiger partial charge in [-0.2, -0.15) is 0 Å². The lowest BCUT2D eigenvalue weighted by atomic mass is 10.1. The maximum Gasteiger partial charge on any atom is 0.248 e. The zero-order valence-electron chi connectivity index (χ0n) is 9.72. The highest BCUT2D eigenvalue weighted by Gasteiger charge is 2.54. The van der Waals surface area contributed by atoms with Crippen LogP contribution in [0.5, 0.6) is 0 Å². The van der Waals surface area contributed by atoms with Gasteiger partial charge in [-0.05, 0) is 25.5 Å². The van der Waals surface area contributed by atoms with Crippen molar-refractivity contribution >= 4 is 17.5 Å². The summed E-state index contributed by atoms with van der Waals surface area (Å²) in [6.45, 7) is 2.18. The van der Waals surface area contributed by atoms with Crippen molar-refractivity contribution in [2.75, 3.05) is 11.4 Å². The molecular formula is C13H14N2O2. The fraction of sp³-hybridized carbons (Fsp3) is 0.385. The monoisotopic (exact) mass is 230 g/mol. The summed E-state index contributed by atoms with van der Waals surface area (Å²) in [6, 6.07) is 9.56. The number of fused-ring (bicyclic) bond motifs is 1. The summed E-state index contributed by atoms with van der Waals surface area (Å²) >= 11 is 0. The van der Waals surface area contributed by atoms with E-state index < -0.39 is 5.66 Å². The predicted molar refractivity (Wildman–Crippen MR) is 63.3 cm³/mol. The maximum absolute atomic E-state index is 12.1. The normalized spacial score (nSPS) is 27.8. The molecule has 0 spiro atoms. The Morgan fingerprint density at radius 3 is 2.53 bits per heavy atom. The number of hydrogen-bond acceptors (Lipinski definition) is 2. The second kappa shape index (κ2) is 3.32. The van der Waals surface area contributed by atoms with E-state index in [0.29, 0.717) is 12.8 Å². The lowest BCUT2D eigenvalue weighted by molar-refractivity contribution is -0.130. The van der Waals surface area contributed by atoms with Crippen LogP contribution < -0.4 is 4.90 Å². The average molecular weight is 230 g/mol. The number of amides is 2. The molecule has 2 saturated heterocycles. The molecule has 2 aliphatic heterocycles. The molecule has 0 N–H and O–H groups in total. The first-order valence-electron chi connectivity index (χ1n) is 5.81. The van der Waals surface area contributed by atoms with Crippen LogP contribution in [0.15, 0.2) is 30.3 Å². The second-order valence-corrected chi connectivity index (χ2v) is 4.76. The quantitative estimate of drug-likeness (QED) is 0.731. The van der Waals surface area contributed by atoms with E-state index in [0.717, 1.165) is 5.69 Å². The first-order valence-corrected chi connectivity index (χ1v) is 5.81. The van der Waals surface area contributed by atoms with Gasteiger partial charge in [0.15, 0.2) is 0 Å². The number of rotatable bonds is 1. The number of nitrogens with zero attached hydrogens (tertiary/aromatic N) is 2. The molecule has 17 heavy (non-hydrogen) atoms. The van der Waals surface area contributed by atoms with Gasteiger partial charge in [0.05, 0.1) is 0 Å². The maximum atomic E-state index is 12.1. The molecule has 0 bridgehead atoms. The van der Waals surface area contributed by atoms with Gasteiger partial charge in [0, 0.05) is 12.1 Å². The predicted octanol–water partition coefficient (Wildman–Crippen LogP) is 1.37. The zero-order valence-corrected chi connectivity index (χ0v) is 9.72. The minimum absolute atomic E-state index is 0.00625. The van der Waals surface area contributed by atoms with Crippen LogP contribution in [-0.4, -0.2) is 28.9 Å². The van der Waals surface area contributed by atoms with Crippen LogP contribution in [0.2, 0.25) is 0 Å². The number of anilines is 1. The van der Waals surface area contributed by atoms with Gasteiger partial charge in [-0.25, -0.2) is 0 Å². The van der Waals surface area contributed by atoms with Crippen LogP contribution in [0.4, 0.5) is 5.69 Å². The number of carbonyl (C=O) groups is 2. The first kappa shape index (κ1) is 10.3. The van der Waals surface area contributed by atoms with Crippen LogP contribution in [0, 0.1) is 0 Å². The summed E-state index contributed by atoms with van der Waals surface area (Å²) in [6.07, 6.45) is 1.25. The van der Waals surface area contributed by atoms with Crippen molar-refractivity contribution in [3.63, 3.8) is 0 Å². The number of para-hydroxylation sites is 1. The van der Waals surface area contributed by atoms with Gasteiger partial charge in [-0.1, -0.05) is 18.2 Å². The number of hydrogen-bond donors (Lipinski definition) is 0. The van der Waals surface area contributed by atoms with Gasteiger partial charge in [-0.3, -0.25) is 14.5 Å². The Hall–Kier alpha value is -1.84. The third-order valence-electron chi connectivity index (χ3n) is 3.73. The molecule has 0 saturated carbocycles. The van der Waals surface area contributed by atoms with E-state index in [1.54, 1.807) is 9.80 Å². The molecule has 0 radical (unpaired) electrons. The van der Waals surface area contributed by atoms with Gasteiger partial charge in [0.1, 0.15) is 12.2 Å². The van der Waals surface area contributed by atoms with Gasteiger partial charge in [0.2, 0.25) is 11.8 Å². The van der Waals surface area contributed by atoms with Gasteiger partial charge in [-0.15, -0.1) is 0 Å². The Balaban J connectivity index is 2.06.